The number of rotatable bonds is 6. The zero-order valence-electron chi connectivity index (χ0n) is 16.8. The zero-order chi connectivity index (χ0) is 21.9. The van der Waals surface area contributed by atoms with Crippen molar-refractivity contribution in [1.29, 1.82) is 0 Å². The summed E-state index contributed by atoms with van der Waals surface area (Å²) in [5, 5.41) is 8.46. The molecule has 0 radical (unpaired) electrons. The van der Waals surface area contributed by atoms with Crippen LogP contribution < -0.4 is 9.80 Å². The number of nitrogens with zero attached hydrogens (tertiary/aromatic N) is 5. The molecule has 11 heteroatoms. The Morgan fingerprint density at radius 2 is 1.60 bits per heavy atom. The van der Waals surface area contributed by atoms with Gasteiger partial charge in [0.25, 0.3) is 0 Å². The fourth-order valence-corrected chi connectivity index (χ4v) is 5.06. The van der Waals surface area contributed by atoms with Crippen LogP contribution in [-0.4, -0.2) is 62.2 Å². The first-order valence-corrected chi connectivity index (χ1v) is 11.1. The lowest BCUT2D eigenvalue weighted by Gasteiger charge is -2.34. The third-order valence-electron chi connectivity index (χ3n) is 5.10. The van der Waals surface area contributed by atoms with Crippen LogP contribution in [0.3, 0.4) is 0 Å². The summed E-state index contributed by atoms with van der Waals surface area (Å²) < 4.78 is 66.6. The van der Waals surface area contributed by atoms with Gasteiger partial charge in [-0.05, 0) is 38.1 Å². The summed E-state index contributed by atoms with van der Waals surface area (Å²) in [6, 6.07) is 7.95. The van der Waals surface area contributed by atoms with Gasteiger partial charge in [0.2, 0.25) is 10.0 Å². The van der Waals surface area contributed by atoms with Crippen molar-refractivity contribution in [2.75, 3.05) is 49.1 Å². The topological polar surface area (TPSA) is 69.6 Å². The monoisotopic (exact) mass is 443 g/mol. The Balaban J connectivity index is 1.73. The minimum Gasteiger partial charge on any atom is -0.356 e. The number of piperazine rings is 1. The van der Waals surface area contributed by atoms with Crippen molar-refractivity contribution in [3.05, 3.63) is 42.0 Å². The highest BCUT2D eigenvalue weighted by Crippen LogP contribution is 2.35. The molecule has 3 rings (SSSR count). The second-order valence-corrected chi connectivity index (χ2v) is 8.71. The minimum absolute atomic E-state index is 0.0635. The van der Waals surface area contributed by atoms with Crippen molar-refractivity contribution >= 4 is 21.7 Å². The van der Waals surface area contributed by atoms with Gasteiger partial charge >= 0.3 is 6.18 Å². The summed E-state index contributed by atoms with van der Waals surface area (Å²) >= 11 is 0. The summed E-state index contributed by atoms with van der Waals surface area (Å²) in [6.45, 7) is 6.41. The first-order valence-electron chi connectivity index (χ1n) is 9.68. The molecule has 0 saturated carbocycles. The Kier molecular flexibility index (Phi) is 6.51. The normalized spacial score (nSPS) is 16.0. The molecule has 0 bridgehead atoms. The number of aromatic nitrogens is 2. The van der Waals surface area contributed by atoms with E-state index in [1.165, 1.54) is 12.1 Å². The van der Waals surface area contributed by atoms with Crippen LogP contribution in [0.15, 0.2) is 41.3 Å². The van der Waals surface area contributed by atoms with Crippen LogP contribution in [0.4, 0.5) is 24.8 Å². The predicted molar refractivity (Wildman–Crippen MR) is 108 cm³/mol. The van der Waals surface area contributed by atoms with E-state index in [4.69, 9.17) is 0 Å². The zero-order valence-corrected chi connectivity index (χ0v) is 17.6. The summed E-state index contributed by atoms with van der Waals surface area (Å²) in [4.78, 5) is 3.22. The highest BCUT2D eigenvalue weighted by molar-refractivity contribution is 7.89. The predicted octanol–water partition coefficient (Wildman–Crippen LogP) is 2.85. The van der Waals surface area contributed by atoms with Crippen molar-refractivity contribution in [3.8, 4) is 0 Å². The van der Waals surface area contributed by atoms with Gasteiger partial charge in [-0.25, -0.2) is 8.42 Å². The van der Waals surface area contributed by atoms with Crippen molar-refractivity contribution in [3.63, 3.8) is 0 Å². The van der Waals surface area contributed by atoms with Crippen LogP contribution >= 0.6 is 0 Å². The van der Waals surface area contributed by atoms with Crippen LogP contribution in [0, 0.1) is 0 Å². The first kappa shape index (κ1) is 22.3. The van der Waals surface area contributed by atoms with E-state index in [1.54, 1.807) is 0 Å². The van der Waals surface area contributed by atoms with Gasteiger partial charge in [0.1, 0.15) is 0 Å². The highest BCUT2D eigenvalue weighted by Gasteiger charge is 2.39. The lowest BCUT2D eigenvalue weighted by Crippen LogP contribution is -2.49. The molecule has 0 unspecified atom stereocenters. The number of benzene rings is 1. The van der Waals surface area contributed by atoms with Gasteiger partial charge < -0.3 is 9.80 Å². The molecular weight excluding hydrogens is 419 g/mol. The Morgan fingerprint density at radius 1 is 0.967 bits per heavy atom. The quantitative estimate of drug-likeness (QED) is 0.684. The van der Waals surface area contributed by atoms with Crippen molar-refractivity contribution in [2.24, 2.45) is 0 Å². The van der Waals surface area contributed by atoms with Crippen molar-refractivity contribution < 1.29 is 21.6 Å². The van der Waals surface area contributed by atoms with E-state index in [1.807, 2.05) is 30.9 Å². The second-order valence-electron chi connectivity index (χ2n) is 6.81. The molecule has 164 valence electrons. The maximum absolute atomic E-state index is 13.3. The largest absolute Gasteiger partial charge is 0.417 e. The molecule has 0 N–H and O–H groups in total. The summed E-state index contributed by atoms with van der Waals surface area (Å²) in [7, 11) is -4.26. The molecule has 30 heavy (non-hydrogen) atoms. The molecule has 0 aliphatic carbocycles. The first-order chi connectivity index (χ1) is 14.2. The molecule has 0 atom stereocenters. The van der Waals surface area contributed by atoms with E-state index in [0.717, 1.165) is 35.3 Å². The number of anilines is 2. The highest BCUT2D eigenvalue weighted by atomic mass is 32.2. The number of alkyl halides is 3. The smallest absolute Gasteiger partial charge is 0.356 e. The summed E-state index contributed by atoms with van der Waals surface area (Å²) in [6.07, 6.45) is -4.74. The fraction of sp³-hybridized carbons (Fsp3) is 0.474. The van der Waals surface area contributed by atoms with Crippen molar-refractivity contribution in [1.82, 2.24) is 14.5 Å². The lowest BCUT2D eigenvalue weighted by atomic mass is 10.2. The number of hydrogen-bond acceptors (Lipinski definition) is 6. The number of hydrogen-bond donors (Lipinski definition) is 0. The Bertz CT molecular complexity index is 955. The minimum atomic E-state index is -4.74. The molecule has 0 spiro atoms. The van der Waals surface area contributed by atoms with Gasteiger partial charge in [-0.2, -0.15) is 17.5 Å². The Hall–Kier alpha value is -2.40. The Labute approximate surface area is 174 Å². The molecule has 1 aliphatic rings. The van der Waals surface area contributed by atoms with Gasteiger partial charge in [0.05, 0.1) is 10.5 Å². The molecule has 2 aromatic rings. The van der Waals surface area contributed by atoms with Crippen LogP contribution in [0.1, 0.15) is 19.4 Å². The van der Waals surface area contributed by atoms with Crippen LogP contribution in [-0.2, 0) is 16.2 Å². The number of sulfonamides is 1. The standard InChI is InChI=1S/C19H24F3N5O2S/c1-3-25(4-2)17-9-10-18(24-23-17)26-11-13-27(14-12-26)30(28,29)16-8-6-5-7-15(16)19(20,21)22/h5-10H,3-4,11-14H2,1-2H3. The molecule has 1 aromatic heterocycles. The SMILES string of the molecule is CCN(CC)c1ccc(N2CCN(S(=O)(=O)c3ccccc3C(F)(F)F)CC2)nn1. The van der Waals surface area contributed by atoms with Gasteiger partial charge in [-0.15, -0.1) is 10.2 Å². The van der Waals surface area contributed by atoms with Crippen LogP contribution in [0.2, 0.25) is 0 Å². The van der Waals surface area contributed by atoms with Gasteiger partial charge in [-0.1, -0.05) is 12.1 Å². The van der Waals surface area contributed by atoms with E-state index in [0.29, 0.717) is 18.9 Å². The van der Waals surface area contributed by atoms with E-state index >= 15 is 0 Å². The van der Waals surface area contributed by atoms with E-state index in [2.05, 4.69) is 15.1 Å². The fourth-order valence-electron chi connectivity index (χ4n) is 3.43. The van der Waals surface area contributed by atoms with Gasteiger partial charge in [-0.3, -0.25) is 0 Å². The molecule has 7 nitrogen and oxygen atoms in total. The van der Waals surface area contributed by atoms with E-state index < -0.39 is 26.7 Å². The van der Waals surface area contributed by atoms with Gasteiger partial charge in [0.15, 0.2) is 11.6 Å². The van der Waals surface area contributed by atoms with Crippen LogP contribution in [0.25, 0.3) is 0 Å². The average molecular weight is 443 g/mol. The van der Waals surface area contributed by atoms with Gasteiger partial charge in [0, 0.05) is 39.3 Å². The molecule has 1 saturated heterocycles. The molecular formula is C19H24F3N5O2S. The maximum atomic E-state index is 13.3. The molecule has 1 aliphatic heterocycles. The second kappa shape index (κ2) is 8.76. The molecule has 0 amide bonds. The summed E-state index contributed by atoms with van der Waals surface area (Å²) in [5.74, 6) is 1.37. The third kappa shape index (κ3) is 4.51. The average Bonchev–Trinajstić information content (AvgIpc) is 2.75. The molecule has 1 fully saturated rings. The molecule has 2 heterocycles. The maximum Gasteiger partial charge on any atom is 0.417 e. The van der Waals surface area contributed by atoms with E-state index in [9.17, 15) is 21.6 Å². The van der Waals surface area contributed by atoms with E-state index in [-0.39, 0.29) is 13.1 Å². The lowest BCUT2D eigenvalue weighted by molar-refractivity contribution is -0.139. The third-order valence-corrected chi connectivity index (χ3v) is 7.05. The Morgan fingerprint density at radius 3 is 2.13 bits per heavy atom. The molecule has 1 aromatic carbocycles. The van der Waals surface area contributed by atoms with Crippen LogP contribution in [0.5, 0.6) is 0 Å². The number of halogens is 3. The van der Waals surface area contributed by atoms with Crippen molar-refractivity contribution in [2.45, 2.75) is 24.9 Å². The summed E-state index contributed by atoms with van der Waals surface area (Å²) in [5.41, 5.74) is -1.15.